The molecular weight excluding hydrogens is 699 g/mol. The number of fused-ring (bicyclic) bond motifs is 10. The lowest BCUT2D eigenvalue weighted by Gasteiger charge is -2.18. The molecule has 0 atom stereocenters. The first-order valence-corrected chi connectivity index (χ1v) is 19.4. The monoisotopic (exact) mass is 731 g/mol. The molecule has 12 rings (SSSR count). The minimum Gasteiger partial charge on any atom is -0.455 e. The van der Waals surface area contributed by atoms with Crippen LogP contribution in [-0.4, -0.2) is 24.1 Å². The number of hydrogen-bond acceptors (Lipinski definition) is 4. The van der Waals surface area contributed by atoms with Crippen molar-refractivity contribution in [2.45, 2.75) is 12.8 Å². The summed E-state index contributed by atoms with van der Waals surface area (Å²) in [6, 6.07) is 57.1. The zero-order valence-electron chi connectivity index (χ0n) is 30.8. The fraction of sp³-hybridized carbons (Fsp3) is 0.0392. The molecule has 0 saturated carbocycles. The number of benzene rings is 7. The summed E-state index contributed by atoms with van der Waals surface area (Å²) in [7, 11) is 0. The Bertz CT molecular complexity index is 3460. The number of aromatic nitrogens is 5. The van der Waals surface area contributed by atoms with Gasteiger partial charge in [0.1, 0.15) is 11.2 Å². The summed E-state index contributed by atoms with van der Waals surface area (Å²) >= 11 is 0. The minimum absolute atomic E-state index is 0.551. The first kappa shape index (κ1) is 31.7. The van der Waals surface area contributed by atoms with Crippen LogP contribution < -0.4 is 0 Å². The van der Waals surface area contributed by atoms with Crippen molar-refractivity contribution in [3.63, 3.8) is 0 Å². The molecule has 4 heterocycles. The van der Waals surface area contributed by atoms with E-state index >= 15 is 0 Å². The molecule has 6 nitrogen and oxygen atoms in total. The van der Waals surface area contributed by atoms with Crippen LogP contribution in [0.4, 0.5) is 0 Å². The van der Waals surface area contributed by atoms with Crippen LogP contribution in [0.3, 0.4) is 0 Å². The average molecular weight is 732 g/mol. The SMILES string of the molecule is C1=C(c2ccccc2)CCC(n2c3ccccc3c3c4c5ccccc5n(-c5nc(-c6ccccc6)nc(-c6cccc7c6oc6ccccc67)n5)c4ccc32)=C1. The number of nitrogens with zero attached hydrogens (tertiary/aromatic N) is 5. The van der Waals surface area contributed by atoms with Gasteiger partial charge >= 0.3 is 0 Å². The Hall–Kier alpha value is -7.57. The Morgan fingerprint density at radius 3 is 1.74 bits per heavy atom. The lowest BCUT2D eigenvalue weighted by atomic mass is 9.96. The van der Waals surface area contributed by atoms with Crippen LogP contribution in [0.15, 0.2) is 180 Å². The minimum atomic E-state index is 0.551. The molecular formula is C51H33N5O. The van der Waals surface area contributed by atoms with Crippen molar-refractivity contribution in [3.05, 3.63) is 182 Å². The van der Waals surface area contributed by atoms with Gasteiger partial charge in [0.05, 0.1) is 27.6 Å². The first-order valence-electron chi connectivity index (χ1n) is 19.4. The number of furan rings is 1. The van der Waals surface area contributed by atoms with Crippen LogP contribution in [0, 0.1) is 0 Å². The van der Waals surface area contributed by atoms with Gasteiger partial charge in [-0.25, -0.2) is 4.98 Å². The highest BCUT2D eigenvalue weighted by atomic mass is 16.3. The molecule has 0 radical (unpaired) electrons. The largest absolute Gasteiger partial charge is 0.455 e. The van der Waals surface area contributed by atoms with Gasteiger partial charge in [-0.3, -0.25) is 4.57 Å². The van der Waals surface area contributed by atoms with Crippen molar-refractivity contribution in [2.24, 2.45) is 0 Å². The normalized spacial score (nSPS) is 13.3. The van der Waals surface area contributed by atoms with Gasteiger partial charge in [-0.15, -0.1) is 0 Å². The van der Waals surface area contributed by atoms with E-state index in [4.69, 9.17) is 19.4 Å². The Labute approximate surface area is 327 Å². The van der Waals surface area contributed by atoms with Gasteiger partial charge in [-0.05, 0) is 66.5 Å². The smallest absolute Gasteiger partial charge is 0.238 e. The quantitative estimate of drug-likeness (QED) is 0.177. The van der Waals surface area contributed by atoms with Crippen molar-refractivity contribution in [1.82, 2.24) is 24.1 Å². The van der Waals surface area contributed by atoms with Crippen LogP contribution in [0.5, 0.6) is 0 Å². The Morgan fingerprint density at radius 1 is 0.421 bits per heavy atom. The Kier molecular flexibility index (Phi) is 6.95. The fourth-order valence-corrected chi connectivity index (χ4v) is 8.97. The number of hydrogen-bond donors (Lipinski definition) is 0. The van der Waals surface area contributed by atoms with Crippen LogP contribution in [-0.2, 0) is 0 Å². The lowest BCUT2D eigenvalue weighted by molar-refractivity contribution is 0.669. The number of allylic oxidation sites excluding steroid dienone is 4. The van der Waals surface area contributed by atoms with Crippen molar-refractivity contribution in [3.8, 4) is 28.7 Å². The molecule has 0 amide bonds. The molecule has 6 heteroatoms. The molecule has 0 fully saturated rings. The third-order valence-corrected chi connectivity index (χ3v) is 11.5. The summed E-state index contributed by atoms with van der Waals surface area (Å²) in [5.74, 6) is 1.70. The van der Waals surface area contributed by atoms with Crippen LogP contribution in [0.1, 0.15) is 18.4 Å². The summed E-state index contributed by atoms with van der Waals surface area (Å²) in [5.41, 5.74) is 11.7. The molecule has 0 N–H and O–H groups in total. The molecule has 7 aromatic carbocycles. The van der Waals surface area contributed by atoms with Gasteiger partial charge in [-0.2, -0.15) is 9.97 Å². The van der Waals surface area contributed by atoms with Gasteiger partial charge < -0.3 is 8.98 Å². The van der Waals surface area contributed by atoms with Gasteiger partial charge in [0, 0.05) is 43.6 Å². The molecule has 0 aliphatic heterocycles. The third-order valence-electron chi connectivity index (χ3n) is 11.5. The highest BCUT2D eigenvalue weighted by Crippen LogP contribution is 2.44. The van der Waals surface area contributed by atoms with E-state index < -0.39 is 0 Å². The second kappa shape index (κ2) is 12.5. The first-order chi connectivity index (χ1) is 28.3. The molecule has 268 valence electrons. The van der Waals surface area contributed by atoms with E-state index in [-0.39, 0.29) is 0 Å². The highest BCUT2D eigenvalue weighted by Gasteiger charge is 2.24. The third kappa shape index (κ3) is 4.87. The van der Waals surface area contributed by atoms with Gasteiger partial charge in [0.2, 0.25) is 5.95 Å². The molecule has 0 spiro atoms. The zero-order valence-corrected chi connectivity index (χ0v) is 30.8. The van der Waals surface area contributed by atoms with E-state index in [1.807, 2.05) is 54.6 Å². The Balaban J connectivity index is 1.12. The van der Waals surface area contributed by atoms with Gasteiger partial charge in [0.25, 0.3) is 0 Å². The fourth-order valence-electron chi connectivity index (χ4n) is 8.97. The average Bonchev–Trinajstić information content (AvgIpc) is 3.95. The molecule has 0 bridgehead atoms. The van der Waals surface area contributed by atoms with E-state index in [1.54, 1.807) is 0 Å². The lowest BCUT2D eigenvalue weighted by Crippen LogP contribution is -2.06. The van der Waals surface area contributed by atoms with E-state index in [2.05, 4.69) is 130 Å². The molecule has 0 saturated heterocycles. The van der Waals surface area contributed by atoms with Crippen molar-refractivity contribution < 1.29 is 4.42 Å². The summed E-state index contributed by atoms with van der Waals surface area (Å²) < 4.78 is 11.2. The summed E-state index contributed by atoms with van der Waals surface area (Å²) in [5, 5.41) is 6.86. The topological polar surface area (TPSA) is 61.7 Å². The van der Waals surface area contributed by atoms with E-state index in [0.29, 0.717) is 17.6 Å². The second-order valence-corrected chi connectivity index (χ2v) is 14.7. The predicted molar refractivity (Wildman–Crippen MR) is 233 cm³/mol. The Morgan fingerprint density at radius 2 is 1.02 bits per heavy atom. The van der Waals surface area contributed by atoms with Crippen molar-refractivity contribution in [1.29, 1.82) is 0 Å². The summed E-state index contributed by atoms with van der Waals surface area (Å²) in [4.78, 5) is 15.7. The standard InChI is InChI=1S/C51H33N5O/c1-3-14-32(15-4-1)33-26-28-35(29-27-33)55-41-23-10-7-19-38(41)46-43(55)30-31-44-47(46)39-20-8-11-24-42(39)56(44)51-53-49(34-16-5-2-6-17-34)52-50(54-51)40-22-13-21-37-36-18-9-12-25-45(36)57-48(37)40/h1-26,28,30-31H,27,29H2. The maximum atomic E-state index is 6.51. The van der Waals surface area contributed by atoms with Gasteiger partial charge in [-0.1, -0.05) is 133 Å². The second-order valence-electron chi connectivity index (χ2n) is 14.7. The molecule has 4 aromatic heterocycles. The van der Waals surface area contributed by atoms with Crippen LogP contribution >= 0.6 is 0 Å². The van der Waals surface area contributed by atoms with Crippen molar-refractivity contribution in [2.75, 3.05) is 0 Å². The van der Waals surface area contributed by atoms with Crippen LogP contribution in [0.25, 0.3) is 106 Å². The maximum Gasteiger partial charge on any atom is 0.238 e. The molecule has 57 heavy (non-hydrogen) atoms. The summed E-state index contributed by atoms with van der Waals surface area (Å²) in [6.07, 6.45) is 6.54. The van der Waals surface area contributed by atoms with Crippen molar-refractivity contribution >= 4 is 76.8 Å². The van der Waals surface area contributed by atoms with Gasteiger partial charge in [0.15, 0.2) is 11.6 Å². The van der Waals surface area contributed by atoms with E-state index in [1.165, 1.54) is 44.0 Å². The van der Waals surface area contributed by atoms with E-state index in [9.17, 15) is 0 Å². The predicted octanol–water partition coefficient (Wildman–Crippen LogP) is 13.0. The summed E-state index contributed by atoms with van der Waals surface area (Å²) in [6.45, 7) is 0. The van der Waals surface area contributed by atoms with Crippen LogP contribution in [0.2, 0.25) is 0 Å². The molecule has 0 unspecified atom stereocenters. The molecule has 1 aliphatic carbocycles. The molecule has 11 aromatic rings. The highest BCUT2D eigenvalue weighted by molar-refractivity contribution is 6.29. The maximum absolute atomic E-state index is 6.51. The number of para-hydroxylation sites is 4. The number of rotatable bonds is 5. The zero-order chi connectivity index (χ0) is 37.5. The molecule has 1 aliphatic rings. The van der Waals surface area contributed by atoms with E-state index in [0.717, 1.165) is 62.3 Å².